The molecule has 122 valence electrons. The minimum atomic E-state index is -0.0743. The van der Waals surface area contributed by atoms with Crippen molar-refractivity contribution in [1.29, 1.82) is 0 Å². The number of hydrogen-bond acceptors (Lipinski definition) is 5. The van der Waals surface area contributed by atoms with Gasteiger partial charge < -0.3 is 20.1 Å². The van der Waals surface area contributed by atoms with E-state index in [2.05, 4.69) is 4.98 Å². The van der Waals surface area contributed by atoms with Crippen molar-refractivity contribution in [3.63, 3.8) is 0 Å². The number of carbonyl (C=O) groups excluding carboxylic acids is 1. The lowest BCUT2D eigenvalue weighted by Gasteiger charge is -2.17. The first kappa shape index (κ1) is 17.1. The summed E-state index contributed by atoms with van der Waals surface area (Å²) in [5.74, 6) is 1.38. The molecule has 0 unspecified atom stereocenters. The third-order valence-corrected chi connectivity index (χ3v) is 3.48. The Hall–Kier alpha value is -2.31. The van der Waals surface area contributed by atoms with Crippen molar-refractivity contribution in [1.82, 2.24) is 9.88 Å². The molecule has 1 aromatic heterocycles. The predicted octanol–water partition coefficient (Wildman–Crippen LogP) is 1.96. The molecule has 0 radical (unpaired) electrons. The normalized spacial score (nSPS) is 11.7. The maximum atomic E-state index is 12.5. The fourth-order valence-corrected chi connectivity index (χ4v) is 2.33. The van der Waals surface area contributed by atoms with Crippen LogP contribution in [-0.4, -0.2) is 29.6 Å². The lowest BCUT2D eigenvalue weighted by atomic mass is 10.1. The molecule has 6 nitrogen and oxygen atoms in total. The largest absolute Gasteiger partial charge is 0.454 e. The molecular formula is C16H18ClN3O3. The van der Waals surface area contributed by atoms with Gasteiger partial charge in [-0.05, 0) is 29.8 Å². The molecule has 0 atom stereocenters. The summed E-state index contributed by atoms with van der Waals surface area (Å²) in [5.41, 5.74) is 7.82. The van der Waals surface area contributed by atoms with Crippen molar-refractivity contribution < 1.29 is 14.3 Å². The fraction of sp³-hybridized carbons (Fsp3) is 0.250. The molecule has 2 N–H and O–H groups in total. The molecule has 7 heteroatoms. The van der Waals surface area contributed by atoms with Crippen molar-refractivity contribution >= 4 is 18.3 Å². The Balaban J connectivity index is 0.00000192. The summed E-state index contributed by atoms with van der Waals surface area (Å²) in [5, 5.41) is 0. The highest BCUT2D eigenvalue weighted by Gasteiger charge is 2.16. The number of nitrogens with two attached hydrogens (primary N) is 1. The summed E-state index contributed by atoms with van der Waals surface area (Å²) >= 11 is 0. The van der Waals surface area contributed by atoms with E-state index < -0.39 is 0 Å². The topological polar surface area (TPSA) is 77.7 Å². The van der Waals surface area contributed by atoms with Gasteiger partial charge in [-0.15, -0.1) is 12.4 Å². The molecule has 1 aromatic carbocycles. The number of aromatic nitrogens is 1. The molecule has 0 fully saturated rings. The number of fused-ring (bicyclic) bond motifs is 1. The second-order valence-electron chi connectivity index (χ2n) is 5.09. The smallest absolute Gasteiger partial charge is 0.254 e. The van der Waals surface area contributed by atoms with Gasteiger partial charge in [0.2, 0.25) is 6.79 Å². The van der Waals surface area contributed by atoms with Gasteiger partial charge in [0.05, 0.1) is 5.69 Å². The monoisotopic (exact) mass is 335 g/mol. The zero-order valence-electron chi connectivity index (χ0n) is 12.7. The van der Waals surface area contributed by atoms with Gasteiger partial charge in [0, 0.05) is 31.9 Å². The van der Waals surface area contributed by atoms with Crippen molar-refractivity contribution in [2.24, 2.45) is 5.73 Å². The number of pyridine rings is 1. The lowest BCUT2D eigenvalue weighted by Crippen LogP contribution is -2.26. The predicted molar refractivity (Wildman–Crippen MR) is 87.7 cm³/mol. The number of hydrogen-bond donors (Lipinski definition) is 1. The number of halogens is 1. The van der Waals surface area contributed by atoms with Crippen LogP contribution in [-0.2, 0) is 13.1 Å². The average molecular weight is 336 g/mol. The van der Waals surface area contributed by atoms with Crippen molar-refractivity contribution in [2.45, 2.75) is 13.1 Å². The number of ether oxygens (including phenoxy) is 2. The van der Waals surface area contributed by atoms with Crippen LogP contribution >= 0.6 is 12.4 Å². The molecular weight excluding hydrogens is 318 g/mol. The Morgan fingerprint density at radius 2 is 2.04 bits per heavy atom. The van der Waals surface area contributed by atoms with Crippen LogP contribution in [0.3, 0.4) is 0 Å². The average Bonchev–Trinajstić information content (AvgIpc) is 3.01. The Labute approximate surface area is 140 Å². The van der Waals surface area contributed by atoms with Crippen LogP contribution in [0.4, 0.5) is 0 Å². The van der Waals surface area contributed by atoms with Crippen molar-refractivity contribution in [3.8, 4) is 11.5 Å². The quantitative estimate of drug-likeness (QED) is 0.924. The number of nitrogens with zero attached hydrogens (tertiary/aromatic N) is 2. The third-order valence-electron chi connectivity index (χ3n) is 3.48. The molecule has 1 aliphatic heterocycles. The third kappa shape index (κ3) is 3.72. The fourth-order valence-electron chi connectivity index (χ4n) is 2.33. The SMILES string of the molecule is CN(Cc1ccc2c(c1)OCO2)C(=O)c1ccnc(CN)c1.Cl. The van der Waals surface area contributed by atoms with E-state index in [1.54, 1.807) is 30.3 Å². The summed E-state index contributed by atoms with van der Waals surface area (Å²) in [6.45, 7) is 1.04. The summed E-state index contributed by atoms with van der Waals surface area (Å²) in [6, 6.07) is 9.09. The van der Waals surface area contributed by atoms with E-state index in [-0.39, 0.29) is 25.1 Å². The second kappa shape index (κ2) is 7.30. The first-order valence-corrected chi connectivity index (χ1v) is 6.96. The minimum Gasteiger partial charge on any atom is -0.454 e. The van der Waals surface area contributed by atoms with Gasteiger partial charge in [0.1, 0.15) is 0 Å². The molecule has 2 heterocycles. The molecule has 23 heavy (non-hydrogen) atoms. The highest BCUT2D eigenvalue weighted by Crippen LogP contribution is 2.32. The van der Waals surface area contributed by atoms with Gasteiger partial charge in [0.15, 0.2) is 11.5 Å². The summed E-state index contributed by atoms with van der Waals surface area (Å²) < 4.78 is 10.6. The zero-order valence-corrected chi connectivity index (χ0v) is 13.5. The van der Waals surface area contributed by atoms with Crippen molar-refractivity contribution in [3.05, 3.63) is 53.3 Å². The molecule has 0 aliphatic carbocycles. The van der Waals surface area contributed by atoms with E-state index in [0.717, 1.165) is 11.3 Å². The molecule has 1 amide bonds. The maximum Gasteiger partial charge on any atom is 0.254 e. The van der Waals surface area contributed by atoms with Gasteiger partial charge in [0.25, 0.3) is 5.91 Å². The first-order valence-electron chi connectivity index (χ1n) is 6.96. The van der Waals surface area contributed by atoms with Crippen LogP contribution in [0.2, 0.25) is 0 Å². The Bertz CT molecular complexity index is 709. The minimum absolute atomic E-state index is 0. The van der Waals surface area contributed by atoms with Crippen LogP contribution in [0.15, 0.2) is 36.5 Å². The summed E-state index contributed by atoms with van der Waals surface area (Å²) in [4.78, 5) is 18.2. The van der Waals surface area contributed by atoms with Gasteiger partial charge in [-0.3, -0.25) is 9.78 Å². The van der Waals surface area contributed by atoms with E-state index in [0.29, 0.717) is 30.1 Å². The molecule has 2 aromatic rings. The van der Waals surface area contributed by atoms with E-state index >= 15 is 0 Å². The van der Waals surface area contributed by atoms with Crippen LogP contribution in [0.5, 0.6) is 11.5 Å². The van der Waals surface area contributed by atoms with E-state index in [1.165, 1.54) is 0 Å². The standard InChI is InChI=1S/C16H17N3O3.ClH/c1-19(16(20)12-4-5-18-13(7-12)8-17)9-11-2-3-14-15(6-11)22-10-21-14;/h2-7H,8-10,17H2,1H3;1H. The molecule has 0 saturated carbocycles. The Morgan fingerprint density at radius 1 is 1.26 bits per heavy atom. The zero-order chi connectivity index (χ0) is 15.5. The summed E-state index contributed by atoms with van der Waals surface area (Å²) in [7, 11) is 1.76. The van der Waals surface area contributed by atoms with Gasteiger partial charge in [-0.1, -0.05) is 6.07 Å². The van der Waals surface area contributed by atoms with Crippen molar-refractivity contribution in [2.75, 3.05) is 13.8 Å². The second-order valence-corrected chi connectivity index (χ2v) is 5.09. The lowest BCUT2D eigenvalue weighted by molar-refractivity contribution is 0.0784. The molecule has 0 spiro atoms. The number of rotatable bonds is 4. The highest BCUT2D eigenvalue weighted by atomic mass is 35.5. The Morgan fingerprint density at radius 3 is 2.83 bits per heavy atom. The first-order chi connectivity index (χ1) is 10.7. The van der Waals surface area contributed by atoms with Gasteiger partial charge in [-0.2, -0.15) is 0 Å². The van der Waals surface area contributed by atoms with Crippen LogP contribution in [0, 0.1) is 0 Å². The molecule has 3 rings (SSSR count). The highest BCUT2D eigenvalue weighted by molar-refractivity contribution is 5.94. The molecule has 1 aliphatic rings. The maximum absolute atomic E-state index is 12.5. The number of amides is 1. The van der Waals surface area contributed by atoms with Gasteiger partial charge >= 0.3 is 0 Å². The van der Waals surface area contributed by atoms with Crippen LogP contribution < -0.4 is 15.2 Å². The van der Waals surface area contributed by atoms with Crippen LogP contribution in [0.1, 0.15) is 21.6 Å². The van der Waals surface area contributed by atoms with Gasteiger partial charge in [-0.25, -0.2) is 0 Å². The van der Waals surface area contributed by atoms with E-state index in [1.807, 2.05) is 18.2 Å². The number of benzene rings is 1. The molecule has 0 saturated heterocycles. The van der Waals surface area contributed by atoms with E-state index in [4.69, 9.17) is 15.2 Å². The number of carbonyl (C=O) groups is 1. The van der Waals surface area contributed by atoms with Crippen LogP contribution in [0.25, 0.3) is 0 Å². The summed E-state index contributed by atoms with van der Waals surface area (Å²) in [6.07, 6.45) is 1.60. The Kier molecular flexibility index (Phi) is 5.41. The molecule has 0 bridgehead atoms. The van der Waals surface area contributed by atoms with E-state index in [9.17, 15) is 4.79 Å².